The first kappa shape index (κ1) is 21.7. The fourth-order valence-corrected chi connectivity index (χ4v) is 6.10. The third-order valence-electron chi connectivity index (χ3n) is 6.98. The molecule has 2 heterocycles. The molecule has 0 radical (unpaired) electrons. The molecule has 2 N–H and O–H groups in total. The zero-order valence-electron chi connectivity index (χ0n) is 19.3. The van der Waals surface area contributed by atoms with Gasteiger partial charge in [-0.1, -0.05) is 26.8 Å². The summed E-state index contributed by atoms with van der Waals surface area (Å²) < 4.78 is 10.4. The molecule has 1 aromatic carbocycles. The van der Waals surface area contributed by atoms with Crippen molar-refractivity contribution in [3.8, 4) is 5.75 Å². The summed E-state index contributed by atoms with van der Waals surface area (Å²) in [6.07, 6.45) is 3.39. The van der Waals surface area contributed by atoms with Crippen molar-refractivity contribution in [2.45, 2.75) is 59.0 Å². The van der Waals surface area contributed by atoms with Gasteiger partial charge in [0.2, 0.25) is 5.91 Å². The number of benzene rings is 1. The minimum atomic E-state index is -0.535. The second-order valence-electron chi connectivity index (χ2n) is 10.3. The monoisotopic (exact) mass is 427 g/mol. The summed E-state index contributed by atoms with van der Waals surface area (Å²) in [5.41, 5.74) is 1.85. The number of aromatic nitrogens is 1. The molecule has 1 aliphatic heterocycles. The molecule has 1 saturated carbocycles. The van der Waals surface area contributed by atoms with Gasteiger partial charge in [-0.3, -0.25) is 9.69 Å². The first-order chi connectivity index (χ1) is 14.6. The van der Waals surface area contributed by atoms with Crippen molar-refractivity contribution >= 4 is 28.5 Å². The van der Waals surface area contributed by atoms with Gasteiger partial charge in [-0.25, -0.2) is 4.79 Å². The second-order valence-corrected chi connectivity index (χ2v) is 10.3. The lowest BCUT2D eigenvalue weighted by atomic mass is 9.65. The van der Waals surface area contributed by atoms with Crippen molar-refractivity contribution in [1.82, 2.24) is 9.88 Å². The number of ether oxygens (including phenoxy) is 2. The van der Waals surface area contributed by atoms with E-state index in [1.54, 1.807) is 7.11 Å². The Kier molecular flexibility index (Phi) is 5.28. The number of H-pyrrole nitrogens is 1. The van der Waals surface area contributed by atoms with Crippen LogP contribution in [0.2, 0.25) is 0 Å². The van der Waals surface area contributed by atoms with Crippen LogP contribution in [0.3, 0.4) is 0 Å². The van der Waals surface area contributed by atoms with Gasteiger partial charge in [-0.15, -0.1) is 0 Å². The summed E-state index contributed by atoms with van der Waals surface area (Å²) in [7, 11) is 2.90. The molecule has 1 saturated heterocycles. The number of fused-ring (bicyclic) bond motifs is 3. The van der Waals surface area contributed by atoms with Crippen LogP contribution in [-0.2, 0) is 9.53 Å². The van der Waals surface area contributed by atoms with Crippen molar-refractivity contribution in [1.29, 1.82) is 0 Å². The number of nitrogens with zero attached hydrogens (tertiary/aromatic N) is 1. The molecular formula is C24H33N3O4. The Labute approximate surface area is 183 Å². The van der Waals surface area contributed by atoms with E-state index in [4.69, 9.17) is 9.47 Å². The molecule has 168 valence electrons. The van der Waals surface area contributed by atoms with E-state index >= 15 is 0 Å². The van der Waals surface area contributed by atoms with Crippen molar-refractivity contribution in [2.24, 2.45) is 10.8 Å². The molecule has 7 nitrogen and oxygen atoms in total. The van der Waals surface area contributed by atoms with Gasteiger partial charge in [0.05, 0.1) is 36.9 Å². The molecule has 1 aromatic heterocycles. The Morgan fingerprint density at radius 2 is 1.97 bits per heavy atom. The Morgan fingerprint density at radius 1 is 1.23 bits per heavy atom. The van der Waals surface area contributed by atoms with Gasteiger partial charge < -0.3 is 19.8 Å². The number of nitrogens with one attached hydrogen (secondary N) is 2. The van der Waals surface area contributed by atoms with Gasteiger partial charge in [-0.2, -0.15) is 0 Å². The average molecular weight is 428 g/mol. The molecule has 7 heteroatoms. The normalized spacial score (nSPS) is 25.9. The van der Waals surface area contributed by atoms with Crippen LogP contribution < -0.4 is 10.1 Å². The number of esters is 1. The highest BCUT2D eigenvalue weighted by atomic mass is 16.5. The highest BCUT2D eigenvalue weighted by molar-refractivity contribution is 6.13. The van der Waals surface area contributed by atoms with Crippen LogP contribution in [0.1, 0.15) is 57.4 Å². The van der Waals surface area contributed by atoms with Gasteiger partial charge in [0.15, 0.2) is 0 Å². The smallest absolute Gasteiger partial charge is 0.356 e. The molecule has 1 aliphatic carbocycles. The lowest BCUT2D eigenvalue weighted by molar-refractivity contribution is -0.121. The topological polar surface area (TPSA) is 83.7 Å². The number of amides is 1. The van der Waals surface area contributed by atoms with E-state index in [0.29, 0.717) is 28.4 Å². The first-order valence-electron chi connectivity index (χ1n) is 10.9. The zero-order valence-corrected chi connectivity index (χ0v) is 19.3. The molecule has 0 unspecified atom stereocenters. The van der Waals surface area contributed by atoms with Crippen LogP contribution in [0.25, 0.3) is 10.9 Å². The molecule has 2 aromatic rings. The van der Waals surface area contributed by atoms with Crippen molar-refractivity contribution in [3.05, 3.63) is 23.9 Å². The van der Waals surface area contributed by atoms with E-state index in [0.717, 1.165) is 19.4 Å². The minimum absolute atomic E-state index is 0.133. The third kappa shape index (κ3) is 3.80. The number of hydrogen-bond donors (Lipinski definition) is 2. The number of anilines is 1. The average Bonchev–Trinajstić information content (AvgIpc) is 3.19. The molecule has 0 spiro atoms. The maximum absolute atomic E-state index is 13.4. The highest BCUT2D eigenvalue weighted by Crippen LogP contribution is 2.53. The Hall–Kier alpha value is -2.54. The van der Waals surface area contributed by atoms with E-state index in [9.17, 15) is 9.59 Å². The summed E-state index contributed by atoms with van der Waals surface area (Å²) in [6.45, 7) is 9.86. The first-order valence-corrected chi connectivity index (χ1v) is 10.9. The summed E-state index contributed by atoms with van der Waals surface area (Å²) in [4.78, 5) is 31.2. The second kappa shape index (κ2) is 7.55. The number of rotatable bonds is 5. The fraction of sp³-hybridized carbons (Fsp3) is 0.583. The summed E-state index contributed by atoms with van der Waals surface area (Å²) in [6, 6.07) is 5.57. The van der Waals surface area contributed by atoms with Gasteiger partial charge in [0, 0.05) is 12.6 Å². The summed E-state index contributed by atoms with van der Waals surface area (Å²) in [5.74, 6) is -0.0865. The molecule has 2 fully saturated rings. The van der Waals surface area contributed by atoms with E-state index in [-0.39, 0.29) is 28.5 Å². The number of carbonyl (C=O) groups excluding carboxylic acids is 2. The van der Waals surface area contributed by atoms with Crippen LogP contribution in [-0.4, -0.2) is 54.6 Å². The lowest BCUT2D eigenvalue weighted by Gasteiger charge is -2.40. The van der Waals surface area contributed by atoms with Crippen molar-refractivity contribution < 1.29 is 19.1 Å². The van der Waals surface area contributed by atoms with Crippen molar-refractivity contribution in [2.75, 3.05) is 26.1 Å². The molecule has 4 rings (SSSR count). The van der Waals surface area contributed by atoms with Crippen LogP contribution in [0.4, 0.5) is 5.69 Å². The maximum atomic E-state index is 13.4. The van der Waals surface area contributed by atoms with E-state index in [1.807, 2.05) is 25.1 Å². The zero-order chi connectivity index (χ0) is 22.6. The molecule has 31 heavy (non-hydrogen) atoms. The number of hydrogen-bond acceptors (Lipinski definition) is 5. The van der Waals surface area contributed by atoms with Crippen LogP contribution >= 0.6 is 0 Å². The number of methoxy groups -OCH3 is 2. The number of aromatic amines is 1. The Morgan fingerprint density at radius 3 is 2.65 bits per heavy atom. The van der Waals surface area contributed by atoms with Gasteiger partial charge in [-0.05, 0) is 49.1 Å². The molecule has 1 amide bonds. The van der Waals surface area contributed by atoms with Crippen LogP contribution in [0.5, 0.6) is 5.75 Å². The quantitative estimate of drug-likeness (QED) is 0.699. The maximum Gasteiger partial charge on any atom is 0.356 e. The SMILES string of the molecule is COC(=O)c1[nH]c2cccc(OC)c2c1NC(=O)[C@@H](C)N1C[C@@]2(C)C[C@H]1CC(C)(C)C2. The molecule has 3 atom stereocenters. The predicted molar refractivity (Wildman–Crippen MR) is 121 cm³/mol. The van der Waals surface area contributed by atoms with Crippen LogP contribution in [0.15, 0.2) is 18.2 Å². The fourth-order valence-electron chi connectivity index (χ4n) is 6.10. The largest absolute Gasteiger partial charge is 0.496 e. The summed E-state index contributed by atoms with van der Waals surface area (Å²) in [5, 5.41) is 3.69. The number of likely N-dealkylation sites (tertiary alicyclic amines) is 1. The predicted octanol–water partition coefficient (Wildman–Crippen LogP) is 4.19. The third-order valence-corrected chi connectivity index (χ3v) is 6.98. The standard InChI is InChI=1S/C24H33N3O4/c1-14(27-13-24(4)11-15(27)10-23(2,3)12-24)21(28)26-19-18-16(8-7-9-17(18)30-5)25-20(19)22(29)31-6/h7-9,14-15,25H,10-13H2,1-6H3,(H,26,28)/t14-,15-,24+/m1/s1. The molecule has 2 aliphatic rings. The summed E-state index contributed by atoms with van der Waals surface area (Å²) >= 11 is 0. The van der Waals surface area contributed by atoms with Gasteiger partial charge in [0.25, 0.3) is 0 Å². The number of carbonyl (C=O) groups is 2. The minimum Gasteiger partial charge on any atom is -0.496 e. The highest BCUT2D eigenvalue weighted by Gasteiger charge is 2.51. The Bertz CT molecular complexity index is 1030. The van der Waals surface area contributed by atoms with Gasteiger partial charge >= 0.3 is 5.97 Å². The molecule has 2 bridgehead atoms. The van der Waals surface area contributed by atoms with E-state index in [1.165, 1.54) is 13.5 Å². The van der Waals surface area contributed by atoms with E-state index < -0.39 is 5.97 Å². The van der Waals surface area contributed by atoms with Crippen molar-refractivity contribution in [3.63, 3.8) is 0 Å². The molecular weight excluding hydrogens is 394 g/mol. The lowest BCUT2D eigenvalue weighted by Crippen LogP contribution is -2.45. The van der Waals surface area contributed by atoms with Gasteiger partial charge in [0.1, 0.15) is 11.4 Å². The van der Waals surface area contributed by atoms with Crippen LogP contribution in [0, 0.1) is 10.8 Å². The Balaban J connectivity index is 1.65. The van der Waals surface area contributed by atoms with E-state index in [2.05, 4.69) is 36.0 Å².